The fourth-order valence-electron chi connectivity index (χ4n) is 2.85. The maximum Gasteiger partial charge on any atom is 0.393 e. The molecule has 0 radical (unpaired) electrons. The lowest BCUT2D eigenvalue weighted by Crippen LogP contribution is -2.48. The number of nitrogens with one attached hydrogen (secondary N) is 1. The van der Waals surface area contributed by atoms with E-state index in [1.807, 2.05) is 0 Å². The van der Waals surface area contributed by atoms with E-state index in [9.17, 15) is 27.9 Å². The van der Waals surface area contributed by atoms with Crippen LogP contribution in [0.15, 0.2) is 18.2 Å². The molecule has 0 saturated heterocycles. The lowest BCUT2D eigenvalue weighted by Gasteiger charge is -2.33. The first kappa shape index (κ1) is 18.9. The highest BCUT2D eigenvalue weighted by molar-refractivity contribution is 5.94. The summed E-state index contributed by atoms with van der Waals surface area (Å²) >= 11 is 0. The molecule has 0 unspecified atom stereocenters. The van der Waals surface area contributed by atoms with Crippen molar-refractivity contribution >= 4 is 11.9 Å². The van der Waals surface area contributed by atoms with Crippen molar-refractivity contribution < 1.29 is 37.7 Å². The molecule has 0 aromatic heterocycles. The normalized spacial score (nSPS) is 20.8. The van der Waals surface area contributed by atoms with Crippen molar-refractivity contribution in [2.45, 2.75) is 37.9 Å². The van der Waals surface area contributed by atoms with Gasteiger partial charge in [0.2, 0.25) is 0 Å². The van der Waals surface area contributed by atoms with Gasteiger partial charge < -0.3 is 20.3 Å². The number of amides is 1. The zero-order valence-electron chi connectivity index (χ0n) is 13.2. The van der Waals surface area contributed by atoms with E-state index in [2.05, 4.69) is 5.32 Å². The van der Waals surface area contributed by atoms with E-state index >= 15 is 0 Å². The number of alkyl halides is 3. The summed E-state index contributed by atoms with van der Waals surface area (Å²) in [6.07, 6.45) is -3.20. The van der Waals surface area contributed by atoms with Gasteiger partial charge in [0.15, 0.2) is 6.61 Å². The number of aromatic hydroxyl groups is 2. The van der Waals surface area contributed by atoms with Gasteiger partial charge in [-0.25, -0.2) is 4.79 Å². The van der Waals surface area contributed by atoms with Gasteiger partial charge in [0, 0.05) is 12.1 Å². The van der Waals surface area contributed by atoms with Crippen LogP contribution in [0.4, 0.5) is 13.2 Å². The summed E-state index contributed by atoms with van der Waals surface area (Å²) in [5, 5.41) is 20.9. The number of hydrogen-bond acceptors (Lipinski definition) is 5. The number of esters is 1. The minimum Gasteiger partial charge on any atom is -0.508 e. The van der Waals surface area contributed by atoms with Gasteiger partial charge >= 0.3 is 12.1 Å². The largest absolute Gasteiger partial charge is 0.508 e. The van der Waals surface area contributed by atoms with Crippen LogP contribution in [0.3, 0.4) is 0 Å². The number of carbonyl (C=O) groups is 2. The van der Waals surface area contributed by atoms with E-state index in [-0.39, 0.29) is 24.2 Å². The summed E-state index contributed by atoms with van der Waals surface area (Å²) in [5.74, 6) is -4.27. The van der Waals surface area contributed by atoms with Gasteiger partial charge in [-0.1, -0.05) is 12.8 Å². The molecule has 1 aliphatic carbocycles. The third-order valence-corrected chi connectivity index (χ3v) is 4.07. The van der Waals surface area contributed by atoms with Crippen molar-refractivity contribution in [2.75, 3.05) is 6.61 Å². The number of benzene rings is 1. The maximum atomic E-state index is 13.0. The SMILES string of the molecule is O=C(COC(=O)c1ccc(O)cc1O)N[C@H]1CCCC[C@H]1C(F)(F)F. The predicted octanol–water partition coefficient (Wildman–Crippen LogP) is 2.49. The fraction of sp³-hybridized carbons (Fsp3) is 0.500. The Morgan fingerprint density at radius 3 is 2.52 bits per heavy atom. The quantitative estimate of drug-likeness (QED) is 0.716. The topological polar surface area (TPSA) is 95.9 Å². The van der Waals surface area contributed by atoms with E-state index in [0.29, 0.717) is 12.8 Å². The Bertz CT molecular complexity index is 647. The van der Waals surface area contributed by atoms with E-state index in [4.69, 9.17) is 9.84 Å². The highest BCUT2D eigenvalue weighted by Gasteiger charge is 2.45. The van der Waals surface area contributed by atoms with Gasteiger partial charge in [0.05, 0.1) is 5.92 Å². The van der Waals surface area contributed by atoms with Crippen LogP contribution in [-0.4, -0.2) is 40.9 Å². The van der Waals surface area contributed by atoms with Crippen LogP contribution in [0.25, 0.3) is 0 Å². The Hall–Kier alpha value is -2.45. The minimum absolute atomic E-state index is 0.0460. The monoisotopic (exact) mass is 361 g/mol. The summed E-state index contributed by atoms with van der Waals surface area (Å²) < 4.78 is 43.6. The number of phenols is 2. The van der Waals surface area contributed by atoms with Gasteiger partial charge in [-0.3, -0.25) is 4.79 Å². The van der Waals surface area contributed by atoms with Crippen LogP contribution in [0, 0.1) is 5.92 Å². The molecule has 9 heteroatoms. The van der Waals surface area contributed by atoms with E-state index in [1.165, 1.54) is 0 Å². The Balaban J connectivity index is 1.90. The van der Waals surface area contributed by atoms with Crippen LogP contribution < -0.4 is 5.32 Å². The smallest absolute Gasteiger partial charge is 0.393 e. The Labute approximate surface area is 141 Å². The van der Waals surface area contributed by atoms with Crippen LogP contribution in [-0.2, 0) is 9.53 Å². The Morgan fingerprint density at radius 2 is 1.88 bits per heavy atom. The summed E-state index contributed by atoms with van der Waals surface area (Å²) in [4.78, 5) is 23.6. The van der Waals surface area contributed by atoms with Crippen molar-refractivity contribution in [2.24, 2.45) is 5.92 Å². The van der Waals surface area contributed by atoms with Crippen molar-refractivity contribution in [3.8, 4) is 11.5 Å². The zero-order valence-corrected chi connectivity index (χ0v) is 13.2. The molecule has 0 bridgehead atoms. The molecule has 6 nitrogen and oxygen atoms in total. The lowest BCUT2D eigenvalue weighted by molar-refractivity contribution is -0.189. The molecule has 1 aliphatic rings. The van der Waals surface area contributed by atoms with Crippen LogP contribution in [0.1, 0.15) is 36.0 Å². The first-order chi connectivity index (χ1) is 11.7. The molecule has 138 valence electrons. The lowest BCUT2D eigenvalue weighted by atomic mass is 9.84. The van der Waals surface area contributed by atoms with Gasteiger partial charge in [0.25, 0.3) is 5.91 Å². The van der Waals surface area contributed by atoms with E-state index < -0.39 is 42.4 Å². The zero-order chi connectivity index (χ0) is 18.6. The second-order valence-electron chi connectivity index (χ2n) is 5.88. The Kier molecular flexibility index (Phi) is 5.76. The predicted molar refractivity (Wildman–Crippen MR) is 80.0 cm³/mol. The third kappa shape index (κ3) is 5.01. The Morgan fingerprint density at radius 1 is 1.20 bits per heavy atom. The third-order valence-electron chi connectivity index (χ3n) is 4.07. The minimum atomic E-state index is -4.40. The van der Waals surface area contributed by atoms with Crippen molar-refractivity contribution in [1.82, 2.24) is 5.32 Å². The highest BCUT2D eigenvalue weighted by Crippen LogP contribution is 2.37. The summed E-state index contributed by atoms with van der Waals surface area (Å²) in [7, 11) is 0. The molecule has 1 aromatic carbocycles. The van der Waals surface area contributed by atoms with Crippen molar-refractivity contribution in [3.05, 3.63) is 23.8 Å². The van der Waals surface area contributed by atoms with Crippen LogP contribution in [0.2, 0.25) is 0 Å². The van der Waals surface area contributed by atoms with Crippen molar-refractivity contribution in [3.63, 3.8) is 0 Å². The standard InChI is InChI=1S/C16H18F3NO5/c17-16(18,19)11-3-1-2-4-12(11)20-14(23)8-25-15(24)10-6-5-9(21)7-13(10)22/h5-7,11-12,21-22H,1-4,8H2,(H,20,23)/t11-,12+/m1/s1. The molecule has 2 atom stereocenters. The highest BCUT2D eigenvalue weighted by atomic mass is 19.4. The summed E-state index contributed by atoms with van der Waals surface area (Å²) in [6, 6.07) is 2.13. The van der Waals surface area contributed by atoms with Gasteiger partial charge in [0.1, 0.15) is 17.1 Å². The number of hydrogen-bond donors (Lipinski definition) is 3. The van der Waals surface area contributed by atoms with Crippen molar-refractivity contribution in [1.29, 1.82) is 0 Å². The second kappa shape index (κ2) is 7.62. The van der Waals surface area contributed by atoms with Gasteiger partial charge in [-0.05, 0) is 25.0 Å². The summed E-state index contributed by atoms with van der Waals surface area (Å²) in [5.41, 5.74) is -0.267. The van der Waals surface area contributed by atoms with Gasteiger partial charge in [-0.2, -0.15) is 13.2 Å². The molecule has 1 aromatic rings. The molecule has 0 heterocycles. The molecule has 1 amide bonds. The van der Waals surface area contributed by atoms with Gasteiger partial charge in [-0.15, -0.1) is 0 Å². The number of ether oxygens (including phenoxy) is 1. The molecule has 0 aliphatic heterocycles. The maximum absolute atomic E-state index is 13.0. The number of phenolic OH excluding ortho intramolecular Hbond substituents is 2. The molecule has 1 saturated carbocycles. The first-order valence-electron chi connectivity index (χ1n) is 7.73. The second-order valence-corrected chi connectivity index (χ2v) is 5.88. The molecule has 25 heavy (non-hydrogen) atoms. The number of halogens is 3. The molecule has 2 rings (SSSR count). The number of rotatable bonds is 4. The molecule has 1 fully saturated rings. The first-order valence-corrected chi connectivity index (χ1v) is 7.73. The van der Waals surface area contributed by atoms with Crippen LogP contribution >= 0.6 is 0 Å². The average molecular weight is 361 g/mol. The molecular formula is C16H18F3NO5. The number of carbonyl (C=O) groups excluding carboxylic acids is 2. The average Bonchev–Trinajstić information content (AvgIpc) is 2.52. The molecule has 0 spiro atoms. The molecule has 3 N–H and O–H groups in total. The van der Waals surface area contributed by atoms with Crippen LogP contribution in [0.5, 0.6) is 11.5 Å². The summed E-state index contributed by atoms with van der Waals surface area (Å²) in [6.45, 7) is -0.764. The van der Waals surface area contributed by atoms with E-state index in [1.54, 1.807) is 0 Å². The fourth-order valence-corrected chi connectivity index (χ4v) is 2.85. The van der Waals surface area contributed by atoms with E-state index in [0.717, 1.165) is 18.2 Å². The molecular weight excluding hydrogens is 343 g/mol.